The Labute approximate surface area is 213 Å². The summed E-state index contributed by atoms with van der Waals surface area (Å²) in [4.78, 5) is 37.4. The standard InChI is InChI=1S/C26H30N6O3S/c1-3-24(27)36(35)22-10-6-19(7-11-22)23-12-13-28-26(30-23)29-21-8-4-20(5-9-21)25(34)32-16-14-31(15-17-32)18(2)33/h4-13,24H,3,14-17,27H2,1-2H3,(H,28,29,30). The van der Waals surface area contributed by atoms with Gasteiger partial charge in [0.2, 0.25) is 11.9 Å². The molecule has 1 aliphatic heterocycles. The quantitative estimate of drug-likeness (QED) is 0.505. The van der Waals surface area contributed by atoms with Crippen molar-refractivity contribution in [3.05, 3.63) is 66.4 Å². The summed E-state index contributed by atoms with van der Waals surface area (Å²) in [6, 6.07) is 16.3. The van der Waals surface area contributed by atoms with E-state index in [0.717, 1.165) is 16.9 Å². The minimum Gasteiger partial charge on any atom is -0.339 e. The molecule has 3 aromatic rings. The molecule has 2 unspecified atom stereocenters. The molecular formula is C26H30N6O3S. The molecule has 0 aliphatic carbocycles. The lowest BCUT2D eigenvalue weighted by molar-refractivity contribution is -0.130. The van der Waals surface area contributed by atoms with Crippen molar-refractivity contribution in [1.82, 2.24) is 19.8 Å². The lowest BCUT2D eigenvalue weighted by atomic mass is 10.1. The predicted octanol–water partition coefficient (Wildman–Crippen LogP) is 2.99. The number of piperazine rings is 1. The number of nitrogens with zero attached hydrogens (tertiary/aromatic N) is 4. The zero-order chi connectivity index (χ0) is 25.7. The number of amides is 2. The van der Waals surface area contributed by atoms with Gasteiger partial charge in [0.1, 0.15) is 0 Å². The van der Waals surface area contributed by atoms with Crippen molar-refractivity contribution in [2.45, 2.75) is 30.5 Å². The number of carbonyl (C=O) groups is 2. The van der Waals surface area contributed by atoms with Gasteiger partial charge in [-0.25, -0.2) is 9.97 Å². The van der Waals surface area contributed by atoms with Crippen LogP contribution in [-0.2, 0) is 15.6 Å². The highest BCUT2D eigenvalue weighted by Crippen LogP contribution is 2.22. The second-order valence-corrected chi connectivity index (χ2v) is 10.2. The molecule has 0 bridgehead atoms. The van der Waals surface area contributed by atoms with Gasteiger partial charge in [-0.2, -0.15) is 0 Å². The summed E-state index contributed by atoms with van der Waals surface area (Å²) in [5, 5.41) is 2.79. The van der Waals surface area contributed by atoms with Crippen molar-refractivity contribution >= 4 is 34.2 Å². The van der Waals surface area contributed by atoms with E-state index in [1.165, 1.54) is 0 Å². The molecule has 2 heterocycles. The first-order valence-corrected chi connectivity index (χ1v) is 13.1. The van der Waals surface area contributed by atoms with E-state index < -0.39 is 10.8 Å². The monoisotopic (exact) mass is 506 g/mol. The minimum absolute atomic E-state index is 0.0361. The van der Waals surface area contributed by atoms with Crippen LogP contribution in [0.3, 0.4) is 0 Å². The van der Waals surface area contributed by atoms with Crippen LogP contribution in [0.2, 0.25) is 0 Å². The number of hydrogen-bond acceptors (Lipinski definition) is 7. The van der Waals surface area contributed by atoms with Gasteiger partial charge in [0.15, 0.2) is 0 Å². The molecule has 1 aromatic heterocycles. The van der Waals surface area contributed by atoms with Crippen LogP contribution in [0.5, 0.6) is 0 Å². The molecule has 0 radical (unpaired) electrons. The summed E-state index contributed by atoms with van der Waals surface area (Å²) in [6.07, 6.45) is 2.31. The predicted molar refractivity (Wildman–Crippen MR) is 140 cm³/mol. The molecule has 2 aromatic carbocycles. The Bertz CT molecular complexity index is 1240. The molecular weight excluding hydrogens is 476 g/mol. The number of benzene rings is 2. The number of rotatable bonds is 7. The molecule has 1 saturated heterocycles. The zero-order valence-corrected chi connectivity index (χ0v) is 21.2. The van der Waals surface area contributed by atoms with Crippen molar-refractivity contribution < 1.29 is 13.8 Å². The van der Waals surface area contributed by atoms with Crippen molar-refractivity contribution in [3.8, 4) is 11.3 Å². The average molecular weight is 507 g/mol. The molecule has 9 nitrogen and oxygen atoms in total. The third-order valence-corrected chi connectivity index (χ3v) is 7.74. The van der Waals surface area contributed by atoms with Gasteiger partial charge < -0.3 is 20.9 Å². The van der Waals surface area contributed by atoms with E-state index in [-0.39, 0.29) is 17.2 Å². The lowest BCUT2D eigenvalue weighted by Crippen LogP contribution is -2.50. The van der Waals surface area contributed by atoms with Gasteiger partial charge in [-0.3, -0.25) is 13.8 Å². The summed E-state index contributed by atoms with van der Waals surface area (Å²) in [5.74, 6) is 0.411. The maximum absolute atomic E-state index is 12.8. The number of nitrogens with two attached hydrogens (primary N) is 1. The van der Waals surface area contributed by atoms with Crippen LogP contribution in [0.4, 0.5) is 11.6 Å². The maximum Gasteiger partial charge on any atom is 0.253 e. The highest BCUT2D eigenvalue weighted by molar-refractivity contribution is 7.85. The Balaban J connectivity index is 1.40. The van der Waals surface area contributed by atoms with E-state index in [1.807, 2.05) is 49.4 Å². The van der Waals surface area contributed by atoms with Crippen LogP contribution in [0, 0.1) is 0 Å². The van der Waals surface area contributed by atoms with Crippen LogP contribution < -0.4 is 11.1 Å². The molecule has 0 saturated carbocycles. The van der Waals surface area contributed by atoms with Crippen molar-refractivity contribution in [1.29, 1.82) is 0 Å². The summed E-state index contributed by atoms with van der Waals surface area (Å²) < 4.78 is 12.4. The maximum atomic E-state index is 12.8. The van der Waals surface area contributed by atoms with E-state index in [1.54, 1.807) is 35.1 Å². The Morgan fingerprint density at radius 2 is 1.64 bits per heavy atom. The molecule has 3 N–H and O–H groups in total. The number of aromatic nitrogens is 2. The Hall–Kier alpha value is -3.63. The minimum atomic E-state index is -1.24. The number of carbonyl (C=O) groups excluding carboxylic acids is 2. The van der Waals surface area contributed by atoms with E-state index in [0.29, 0.717) is 49.0 Å². The molecule has 2 amide bonds. The third-order valence-electron chi connectivity index (χ3n) is 6.12. The third kappa shape index (κ3) is 5.95. The molecule has 36 heavy (non-hydrogen) atoms. The fraction of sp³-hybridized carbons (Fsp3) is 0.308. The first-order valence-electron chi connectivity index (χ1n) is 11.9. The molecule has 188 valence electrons. The SMILES string of the molecule is CCC(N)S(=O)c1ccc(-c2ccnc(Nc3ccc(C(=O)N4CCN(C(C)=O)CC4)cc3)n2)cc1. The zero-order valence-electron chi connectivity index (χ0n) is 20.4. The van der Waals surface area contributed by atoms with Gasteiger partial charge in [0, 0.05) is 61.0 Å². The van der Waals surface area contributed by atoms with Gasteiger partial charge in [-0.05, 0) is 48.9 Å². The summed E-state index contributed by atoms with van der Waals surface area (Å²) in [5.41, 5.74) is 8.85. The van der Waals surface area contributed by atoms with E-state index in [4.69, 9.17) is 5.73 Å². The molecule has 4 rings (SSSR count). The molecule has 10 heteroatoms. The van der Waals surface area contributed by atoms with E-state index >= 15 is 0 Å². The topological polar surface area (TPSA) is 122 Å². The van der Waals surface area contributed by atoms with Gasteiger partial charge in [-0.15, -0.1) is 0 Å². The summed E-state index contributed by atoms with van der Waals surface area (Å²) in [6.45, 7) is 5.63. The van der Waals surface area contributed by atoms with Gasteiger partial charge in [-0.1, -0.05) is 19.1 Å². The molecule has 1 aliphatic rings. The first kappa shape index (κ1) is 25.5. The number of anilines is 2. The Morgan fingerprint density at radius 1 is 1.00 bits per heavy atom. The highest BCUT2D eigenvalue weighted by Gasteiger charge is 2.23. The molecule has 2 atom stereocenters. The fourth-order valence-corrected chi connectivity index (χ4v) is 4.95. The van der Waals surface area contributed by atoms with Crippen LogP contribution in [0.25, 0.3) is 11.3 Å². The second-order valence-electron chi connectivity index (χ2n) is 8.53. The summed E-state index contributed by atoms with van der Waals surface area (Å²) in [7, 11) is -1.24. The average Bonchev–Trinajstić information content (AvgIpc) is 2.92. The largest absolute Gasteiger partial charge is 0.339 e. The normalized spacial score (nSPS) is 15.3. The lowest BCUT2D eigenvalue weighted by Gasteiger charge is -2.34. The van der Waals surface area contributed by atoms with Gasteiger partial charge in [0.25, 0.3) is 5.91 Å². The van der Waals surface area contributed by atoms with E-state index in [2.05, 4.69) is 15.3 Å². The molecule has 0 spiro atoms. The Kier molecular flexibility index (Phi) is 8.07. The van der Waals surface area contributed by atoms with Crippen molar-refractivity contribution in [2.24, 2.45) is 5.73 Å². The van der Waals surface area contributed by atoms with Crippen LogP contribution in [0.1, 0.15) is 30.6 Å². The van der Waals surface area contributed by atoms with Gasteiger partial charge >= 0.3 is 0 Å². The number of nitrogens with one attached hydrogen (secondary N) is 1. The van der Waals surface area contributed by atoms with Crippen LogP contribution in [-0.4, -0.2) is 67.3 Å². The first-order chi connectivity index (χ1) is 17.4. The smallest absolute Gasteiger partial charge is 0.253 e. The highest BCUT2D eigenvalue weighted by atomic mass is 32.2. The van der Waals surface area contributed by atoms with Crippen LogP contribution in [0.15, 0.2) is 65.7 Å². The second kappa shape index (κ2) is 11.4. The fourth-order valence-electron chi connectivity index (χ4n) is 3.90. The molecule has 1 fully saturated rings. The number of hydrogen-bond donors (Lipinski definition) is 2. The van der Waals surface area contributed by atoms with Crippen molar-refractivity contribution in [3.63, 3.8) is 0 Å². The van der Waals surface area contributed by atoms with Crippen molar-refractivity contribution in [2.75, 3.05) is 31.5 Å². The summed E-state index contributed by atoms with van der Waals surface area (Å²) >= 11 is 0. The van der Waals surface area contributed by atoms with E-state index in [9.17, 15) is 13.8 Å². The Morgan fingerprint density at radius 3 is 2.25 bits per heavy atom. The van der Waals surface area contributed by atoms with Crippen LogP contribution >= 0.6 is 0 Å². The van der Waals surface area contributed by atoms with Gasteiger partial charge in [0.05, 0.1) is 21.9 Å².